The van der Waals surface area contributed by atoms with Gasteiger partial charge in [-0.3, -0.25) is 14.4 Å². The van der Waals surface area contributed by atoms with Gasteiger partial charge in [-0.2, -0.15) is 0 Å². The van der Waals surface area contributed by atoms with Crippen LogP contribution in [-0.4, -0.2) is 53.1 Å². The minimum atomic E-state index is -0.989. The lowest BCUT2D eigenvalue weighted by atomic mass is 9.98. The number of carboxylic acid groups (broad SMARTS) is 1. The van der Waals surface area contributed by atoms with Crippen LogP contribution >= 0.6 is 54.5 Å². The molecule has 2 aromatic heterocycles. The number of ether oxygens (including phenoxy) is 2. The summed E-state index contributed by atoms with van der Waals surface area (Å²) in [6, 6.07) is 14.7. The molecule has 1 amide bonds. The van der Waals surface area contributed by atoms with E-state index in [1.807, 2.05) is 62.4 Å². The summed E-state index contributed by atoms with van der Waals surface area (Å²) < 4.78 is 10.5. The molecule has 15 heteroatoms. The average molecular weight is 801 g/mol. The summed E-state index contributed by atoms with van der Waals surface area (Å²) in [7, 11) is 2.70. The smallest absolute Gasteiger partial charge is 0.355 e. The third-order valence-corrected chi connectivity index (χ3v) is 8.80. The molecule has 0 radical (unpaired) electrons. The summed E-state index contributed by atoms with van der Waals surface area (Å²) in [6.07, 6.45) is 0.291. The van der Waals surface area contributed by atoms with Crippen molar-refractivity contribution in [1.29, 1.82) is 0 Å². The number of benzene rings is 2. The number of carbonyl (C=O) groups excluding carboxylic acids is 3. The highest BCUT2D eigenvalue weighted by Gasteiger charge is 2.22. The van der Waals surface area contributed by atoms with Crippen molar-refractivity contribution in [2.24, 2.45) is 5.73 Å². The zero-order valence-electron chi connectivity index (χ0n) is 24.8. The molecule has 0 spiro atoms. The van der Waals surface area contributed by atoms with Gasteiger partial charge in [0, 0.05) is 16.8 Å². The normalized spacial score (nSPS) is 11.2. The average Bonchev–Trinajstić information content (AvgIpc) is 3.66. The summed E-state index contributed by atoms with van der Waals surface area (Å²) in [5.41, 5.74) is 10.3. The molecule has 0 saturated carbocycles. The lowest BCUT2D eigenvalue weighted by Crippen LogP contribution is -2.31. The van der Waals surface area contributed by atoms with Crippen LogP contribution in [-0.2, 0) is 19.1 Å². The van der Waals surface area contributed by atoms with E-state index in [-0.39, 0.29) is 49.8 Å². The first-order chi connectivity index (χ1) is 21.4. The van der Waals surface area contributed by atoms with Crippen LogP contribution in [0.5, 0.6) is 0 Å². The second kappa shape index (κ2) is 20.6. The third kappa shape index (κ3) is 13.5. The summed E-state index contributed by atoms with van der Waals surface area (Å²) >= 11 is 8.86. The first-order valence-corrected chi connectivity index (χ1v) is 16.5. The number of hydrogen-bond donors (Lipinski definition) is 3. The van der Waals surface area contributed by atoms with Crippen LogP contribution in [0.2, 0.25) is 0 Å². The second-order valence-electron chi connectivity index (χ2n) is 9.18. The SMILES string of the molecule is C.COC(=O)CC(N)c1ccccc1C.COC(=O)CC(NC(=O)c1csc(Br)n1)c1ccccc1C.O=C(O)c1csc(Br)n1. The van der Waals surface area contributed by atoms with Crippen LogP contribution < -0.4 is 11.1 Å². The molecule has 248 valence electrons. The van der Waals surface area contributed by atoms with Gasteiger partial charge in [-0.25, -0.2) is 14.8 Å². The quantitative estimate of drug-likeness (QED) is 0.149. The number of aromatic carboxylic acids is 1. The number of halogens is 2. The molecule has 4 aromatic rings. The Bertz CT molecular complexity index is 1600. The number of nitrogens with one attached hydrogen (secondary N) is 1. The van der Waals surface area contributed by atoms with Gasteiger partial charge in [-0.1, -0.05) is 56.0 Å². The maximum absolute atomic E-state index is 12.3. The summed E-state index contributed by atoms with van der Waals surface area (Å²) in [4.78, 5) is 52.8. The number of carbonyl (C=O) groups is 4. The van der Waals surface area contributed by atoms with Gasteiger partial charge in [0.1, 0.15) is 5.69 Å². The van der Waals surface area contributed by atoms with E-state index < -0.39 is 12.0 Å². The van der Waals surface area contributed by atoms with Gasteiger partial charge in [0.15, 0.2) is 13.5 Å². The largest absolute Gasteiger partial charge is 0.476 e. The molecule has 0 saturated heterocycles. The van der Waals surface area contributed by atoms with Crippen LogP contribution in [0, 0.1) is 13.8 Å². The molecule has 46 heavy (non-hydrogen) atoms. The molecule has 0 aliphatic heterocycles. The summed E-state index contributed by atoms with van der Waals surface area (Å²) in [5, 5.41) is 14.3. The van der Waals surface area contributed by atoms with Crippen molar-refractivity contribution < 1.29 is 33.8 Å². The van der Waals surface area contributed by atoms with Gasteiger partial charge in [-0.05, 0) is 68.0 Å². The number of nitrogens with two attached hydrogens (primary N) is 1. The van der Waals surface area contributed by atoms with Gasteiger partial charge in [0.25, 0.3) is 5.91 Å². The predicted molar refractivity (Wildman–Crippen MR) is 186 cm³/mol. The molecule has 0 fully saturated rings. The number of thiazole rings is 2. The van der Waals surface area contributed by atoms with Gasteiger partial charge in [0.05, 0.1) is 33.1 Å². The highest BCUT2D eigenvalue weighted by molar-refractivity contribution is 9.11. The predicted octanol–water partition coefficient (Wildman–Crippen LogP) is 7.05. The van der Waals surface area contributed by atoms with E-state index in [0.717, 1.165) is 22.3 Å². The topological polar surface area (TPSA) is 171 Å². The molecule has 2 atom stereocenters. The number of hydrogen-bond acceptors (Lipinski definition) is 11. The van der Waals surface area contributed by atoms with Crippen LogP contribution in [0.4, 0.5) is 0 Å². The van der Waals surface area contributed by atoms with Crippen molar-refractivity contribution in [2.75, 3.05) is 14.2 Å². The molecule has 0 bridgehead atoms. The number of carboxylic acids is 1. The Kier molecular flexibility index (Phi) is 18.1. The fourth-order valence-electron chi connectivity index (χ4n) is 3.78. The molecule has 4 rings (SSSR count). The first kappa shape index (κ1) is 40.5. The van der Waals surface area contributed by atoms with Crippen LogP contribution in [0.15, 0.2) is 67.1 Å². The Morgan fingerprint density at radius 2 is 1.28 bits per heavy atom. The minimum absolute atomic E-state index is 0. The van der Waals surface area contributed by atoms with Crippen molar-refractivity contribution in [1.82, 2.24) is 15.3 Å². The van der Waals surface area contributed by atoms with Crippen LogP contribution in [0.3, 0.4) is 0 Å². The monoisotopic (exact) mass is 798 g/mol. The molecule has 2 unspecified atom stereocenters. The van der Waals surface area contributed by atoms with E-state index in [1.165, 1.54) is 42.3 Å². The van der Waals surface area contributed by atoms with E-state index in [4.69, 9.17) is 15.6 Å². The van der Waals surface area contributed by atoms with E-state index in [0.29, 0.717) is 13.5 Å². The van der Waals surface area contributed by atoms with E-state index in [9.17, 15) is 19.2 Å². The molecule has 11 nitrogen and oxygen atoms in total. The van der Waals surface area contributed by atoms with Crippen molar-refractivity contribution in [2.45, 2.75) is 46.2 Å². The summed E-state index contributed by atoms with van der Waals surface area (Å²) in [6.45, 7) is 3.91. The number of aryl methyl sites for hydroxylation is 2. The maximum Gasteiger partial charge on any atom is 0.355 e. The van der Waals surface area contributed by atoms with Gasteiger partial charge in [0.2, 0.25) is 0 Å². The van der Waals surface area contributed by atoms with Crippen LogP contribution in [0.1, 0.15) is 75.6 Å². The fourth-order valence-corrected chi connectivity index (χ4v) is 5.76. The van der Waals surface area contributed by atoms with E-state index >= 15 is 0 Å². The molecule has 2 heterocycles. The van der Waals surface area contributed by atoms with E-state index in [2.05, 4.69) is 51.9 Å². The molecule has 0 aliphatic rings. The van der Waals surface area contributed by atoms with Gasteiger partial charge >= 0.3 is 17.9 Å². The van der Waals surface area contributed by atoms with Gasteiger partial charge < -0.3 is 25.6 Å². The van der Waals surface area contributed by atoms with Crippen molar-refractivity contribution in [3.8, 4) is 0 Å². The van der Waals surface area contributed by atoms with Crippen molar-refractivity contribution in [3.63, 3.8) is 0 Å². The van der Waals surface area contributed by atoms with Crippen molar-refractivity contribution >= 4 is 78.3 Å². The zero-order valence-corrected chi connectivity index (χ0v) is 29.6. The Morgan fingerprint density at radius 3 is 1.70 bits per heavy atom. The number of rotatable bonds is 9. The first-order valence-electron chi connectivity index (χ1n) is 13.1. The summed E-state index contributed by atoms with van der Waals surface area (Å²) in [5.74, 6) is -1.97. The maximum atomic E-state index is 12.3. The lowest BCUT2D eigenvalue weighted by molar-refractivity contribution is -0.142. The van der Waals surface area contributed by atoms with Gasteiger partial charge in [-0.15, -0.1) is 22.7 Å². The van der Waals surface area contributed by atoms with Crippen molar-refractivity contribution in [3.05, 3.63) is 101 Å². The Labute approximate surface area is 292 Å². The highest BCUT2D eigenvalue weighted by atomic mass is 79.9. The number of amides is 1. The molecular weight excluding hydrogens is 764 g/mol. The number of aromatic nitrogens is 2. The minimum Gasteiger partial charge on any atom is -0.476 e. The molecule has 2 aromatic carbocycles. The second-order valence-corrected chi connectivity index (χ2v) is 13.5. The highest BCUT2D eigenvalue weighted by Crippen LogP contribution is 2.23. The Morgan fingerprint density at radius 1 is 0.826 bits per heavy atom. The van der Waals surface area contributed by atoms with E-state index in [1.54, 1.807) is 5.38 Å². The standard InChI is InChI=1S/C15H15BrN2O3S.C11H15NO2.C4H2BrNO2S.CH4/c1-9-5-3-4-6-10(9)11(7-13(19)21-2)17-14(20)12-8-22-15(16)18-12;1-8-5-3-4-6-9(8)10(12)7-11(13)14-2;5-4-6-2(1-9-4)3(7)8;/h3-6,8,11H,7H2,1-2H3,(H,17,20);3-6,10H,7,12H2,1-2H3;1H,(H,7,8);1H4. The molecule has 4 N–H and O–H groups in total. The Hall–Kier alpha value is -3.50. The molecule has 0 aliphatic carbocycles. The number of methoxy groups -OCH3 is 2. The number of esters is 2. The van der Waals surface area contributed by atoms with Crippen LogP contribution in [0.25, 0.3) is 0 Å². The zero-order chi connectivity index (χ0) is 33.5. The number of nitrogens with zero attached hydrogens (tertiary/aromatic N) is 2. The Balaban J connectivity index is 0.000000377. The third-order valence-electron chi connectivity index (χ3n) is 6.07. The lowest BCUT2D eigenvalue weighted by Gasteiger charge is -2.19. The fraction of sp³-hybridized carbons (Fsp3) is 0.290. The molecular formula is C31H36Br2N4O7S2.